The molecule has 10 heavy (non-hydrogen) atoms. The second kappa shape index (κ2) is 2.21. The van der Waals surface area contributed by atoms with Crippen LogP contribution in [0.1, 0.15) is 6.42 Å². The Bertz CT molecular complexity index is 113. The van der Waals surface area contributed by atoms with Crippen LogP contribution < -0.4 is 0 Å². The molecular weight excluding hydrogens is 124 g/mol. The summed E-state index contributed by atoms with van der Waals surface area (Å²) < 4.78 is 2.38. The summed E-state index contributed by atoms with van der Waals surface area (Å²) in [6, 6.07) is 0. The third kappa shape index (κ3) is 1.96. The van der Waals surface area contributed by atoms with E-state index in [1.165, 1.54) is 35.1 Å². The number of hydrogen-bond acceptors (Lipinski definition) is 0. The highest BCUT2D eigenvalue weighted by atomic mass is 15.5. The molecule has 0 atom stereocenters. The Morgan fingerprint density at radius 1 is 0.800 bits per heavy atom. The zero-order valence-corrected chi connectivity index (χ0v) is 7.72. The van der Waals surface area contributed by atoms with Crippen LogP contribution in [-0.2, 0) is 0 Å². The van der Waals surface area contributed by atoms with Crippen molar-refractivity contribution >= 4 is 0 Å². The van der Waals surface area contributed by atoms with Crippen LogP contribution in [0.15, 0.2) is 0 Å². The second-order valence-corrected chi connectivity index (χ2v) is 4.81. The standard InChI is InChI=1S/C8H20N2/c1-9(2)6-5-7-10(3,4)8-9/h5-8H2,1-4H3/q+2. The molecule has 0 spiro atoms. The Morgan fingerprint density at radius 3 is 1.40 bits per heavy atom. The molecule has 0 unspecified atom stereocenters. The van der Waals surface area contributed by atoms with Crippen LogP contribution in [-0.4, -0.2) is 56.9 Å². The van der Waals surface area contributed by atoms with Crippen LogP contribution in [0.5, 0.6) is 0 Å². The maximum Gasteiger partial charge on any atom is 0.206 e. The van der Waals surface area contributed by atoms with Gasteiger partial charge in [0, 0.05) is 6.42 Å². The molecule has 0 saturated carbocycles. The number of rotatable bonds is 0. The van der Waals surface area contributed by atoms with Gasteiger partial charge in [0.25, 0.3) is 0 Å². The number of nitrogens with zero attached hydrogens (tertiary/aromatic N) is 2. The lowest BCUT2D eigenvalue weighted by atomic mass is 10.2. The topological polar surface area (TPSA) is 0 Å². The zero-order valence-electron chi connectivity index (χ0n) is 7.72. The van der Waals surface area contributed by atoms with Gasteiger partial charge in [0.1, 0.15) is 0 Å². The van der Waals surface area contributed by atoms with E-state index in [1.807, 2.05) is 0 Å². The average molecular weight is 144 g/mol. The van der Waals surface area contributed by atoms with Crippen molar-refractivity contribution in [2.24, 2.45) is 0 Å². The van der Waals surface area contributed by atoms with E-state index in [2.05, 4.69) is 28.2 Å². The van der Waals surface area contributed by atoms with E-state index in [4.69, 9.17) is 0 Å². The summed E-state index contributed by atoms with van der Waals surface area (Å²) in [5.41, 5.74) is 0. The lowest BCUT2D eigenvalue weighted by Gasteiger charge is -2.43. The molecule has 0 amide bonds. The molecule has 0 N–H and O–H groups in total. The first-order valence-electron chi connectivity index (χ1n) is 4.05. The van der Waals surface area contributed by atoms with Crippen molar-refractivity contribution in [1.82, 2.24) is 0 Å². The van der Waals surface area contributed by atoms with Gasteiger partial charge in [-0.15, -0.1) is 0 Å². The molecule has 1 fully saturated rings. The Morgan fingerprint density at radius 2 is 1.20 bits per heavy atom. The molecule has 1 aliphatic rings. The Hall–Kier alpha value is -0.0800. The highest BCUT2D eigenvalue weighted by molar-refractivity contribution is 4.40. The minimum Gasteiger partial charge on any atom is -0.282 e. The van der Waals surface area contributed by atoms with Crippen LogP contribution in [0.4, 0.5) is 0 Å². The Balaban J connectivity index is 2.56. The molecular formula is C8H20N2+2. The predicted octanol–water partition coefficient (Wildman–Crippen LogP) is 0.500. The zero-order chi connectivity index (χ0) is 7.83. The van der Waals surface area contributed by atoms with E-state index in [-0.39, 0.29) is 0 Å². The fraction of sp³-hybridized carbons (Fsp3) is 1.00. The molecule has 1 heterocycles. The normalized spacial score (nSPS) is 30.0. The minimum atomic E-state index is 1.19. The van der Waals surface area contributed by atoms with Gasteiger partial charge in [-0.05, 0) is 0 Å². The Kier molecular flexibility index (Phi) is 1.77. The molecule has 0 bridgehead atoms. The lowest BCUT2D eigenvalue weighted by molar-refractivity contribution is -1.09. The van der Waals surface area contributed by atoms with Crippen molar-refractivity contribution < 1.29 is 8.97 Å². The van der Waals surface area contributed by atoms with Gasteiger partial charge in [-0.2, -0.15) is 0 Å². The van der Waals surface area contributed by atoms with E-state index in [0.29, 0.717) is 0 Å². The van der Waals surface area contributed by atoms with Gasteiger partial charge >= 0.3 is 0 Å². The van der Waals surface area contributed by atoms with Crippen molar-refractivity contribution in [2.45, 2.75) is 6.42 Å². The van der Waals surface area contributed by atoms with Gasteiger partial charge in [-0.25, -0.2) is 0 Å². The monoisotopic (exact) mass is 144 g/mol. The second-order valence-electron chi connectivity index (χ2n) is 4.81. The summed E-state index contributed by atoms with van der Waals surface area (Å²) in [4.78, 5) is 0. The maximum atomic E-state index is 2.32. The van der Waals surface area contributed by atoms with Crippen molar-refractivity contribution in [2.75, 3.05) is 47.9 Å². The third-order valence-corrected chi connectivity index (χ3v) is 2.29. The number of quaternary nitrogens is 2. The highest BCUT2D eigenvalue weighted by Gasteiger charge is 2.32. The van der Waals surface area contributed by atoms with E-state index in [1.54, 1.807) is 0 Å². The van der Waals surface area contributed by atoms with E-state index in [0.717, 1.165) is 0 Å². The van der Waals surface area contributed by atoms with Gasteiger partial charge in [-0.3, -0.25) is 8.97 Å². The molecule has 0 aromatic rings. The van der Waals surface area contributed by atoms with Gasteiger partial charge in [-0.1, -0.05) is 0 Å². The van der Waals surface area contributed by atoms with Crippen LogP contribution in [0.3, 0.4) is 0 Å². The molecule has 1 aliphatic heterocycles. The Labute approximate surface area is 64.2 Å². The summed E-state index contributed by atoms with van der Waals surface area (Å²) in [5, 5.41) is 0. The summed E-state index contributed by atoms with van der Waals surface area (Å²) in [7, 11) is 9.27. The molecule has 0 aromatic heterocycles. The van der Waals surface area contributed by atoms with Crippen LogP contribution >= 0.6 is 0 Å². The lowest BCUT2D eigenvalue weighted by Crippen LogP contribution is -2.60. The first kappa shape index (κ1) is 8.02. The van der Waals surface area contributed by atoms with Gasteiger partial charge in [0.15, 0.2) is 0 Å². The highest BCUT2D eigenvalue weighted by Crippen LogP contribution is 2.14. The van der Waals surface area contributed by atoms with Gasteiger partial charge in [0.2, 0.25) is 6.67 Å². The average Bonchev–Trinajstić information content (AvgIpc) is 1.56. The van der Waals surface area contributed by atoms with Crippen molar-refractivity contribution in [1.29, 1.82) is 0 Å². The summed E-state index contributed by atoms with van der Waals surface area (Å²) >= 11 is 0. The molecule has 2 heteroatoms. The number of hydrogen-bond donors (Lipinski definition) is 0. The predicted molar refractivity (Wildman–Crippen MR) is 43.4 cm³/mol. The van der Waals surface area contributed by atoms with Crippen molar-refractivity contribution in [3.63, 3.8) is 0 Å². The largest absolute Gasteiger partial charge is 0.282 e. The molecule has 0 radical (unpaired) electrons. The van der Waals surface area contributed by atoms with Crippen LogP contribution in [0.25, 0.3) is 0 Å². The van der Waals surface area contributed by atoms with Crippen LogP contribution in [0.2, 0.25) is 0 Å². The fourth-order valence-electron chi connectivity index (χ4n) is 2.10. The molecule has 0 aliphatic carbocycles. The van der Waals surface area contributed by atoms with Crippen molar-refractivity contribution in [3.05, 3.63) is 0 Å². The smallest absolute Gasteiger partial charge is 0.206 e. The third-order valence-electron chi connectivity index (χ3n) is 2.29. The maximum absolute atomic E-state index is 2.32. The molecule has 0 aromatic carbocycles. The molecule has 2 nitrogen and oxygen atoms in total. The van der Waals surface area contributed by atoms with Crippen LogP contribution in [0, 0.1) is 0 Å². The summed E-state index contributed by atoms with van der Waals surface area (Å²) in [6.45, 7) is 3.98. The molecule has 1 saturated heterocycles. The van der Waals surface area contributed by atoms with Gasteiger partial charge < -0.3 is 0 Å². The van der Waals surface area contributed by atoms with Gasteiger partial charge in [0.05, 0.1) is 41.3 Å². The molecule has 60 valence electrons. The van der Waals surface area contributed by atoms with E-state index < -0.39 is 0 Å². The summed E-state index contributed by atoms with van der Waals surface area (Å²) in [6.07, 6.45) is 1.38. The SMILES string of the molecule is C[N+]1(C)CCC[N+](C)(C)C1. The minimum absolute atomic E-state index is 1.19. The first-order chi connectivity index (χ1) is 4.41. The van der Waals surface area contributed by atoms with E-state index >= 15 is 0 Å². The van der Waals surface area contributed by atoms with Crippen molar-refractivity contribution in [3.8, 4) is 0 Å². The van der Waals surface area contributed by atoms with E-state index in [9.17, 15) is 0 Å². The fourth-order valence-corrected chi connectivity index (χ4v) is 2.10. The summed E-state index contributed by atoms with van der Waals surface area (Å²) in [5.74, 6) is 0. The quantitative estimate of drug-likeness (QED) is 0.434. The first-order valence-corrected chi connectivity index (χ1v) is 4.05. The molecule has 1 rings (SSSR count).